The summed E-state index contributed by atoms with van der Waals surface area (Å²) in [5, 5.41) is 9.30. The molecule has 2 aromatic rings. The number of nitrogens with zero attached hydrogens (tertiary/aromatic N) is 4. The van der Waals surface area contributed by atoms with Gasteiger partial charge in [0, 0.05) is 19.6 Å². The Morgan fingerprint density at radius 2 is 1.75 bits per heavy atom. The molecule has 2 amide bonds. The maximum Gasteiger partial charge on any atom is 0.246 e. The highest BCUT2D eigenvalue weighted by Crippen LogP contribution is 2.25. The average Bonchev–Trinajstić information content (AvgIpc) is 2.72. The molecule has 4 rings (SSSR count). The molecule has 0 bridgehead atoms. The SMILES string of the molecule is CN1Cc2ccccc2C[C@H]1C(=O)N1CCN(c2ccccc2C#N)C(=O)C1. The van der Waals surface area contributed by atoms with E-state index >= 15 is 0 Å². The van der Waals surface area contributed by atoms with Crippen LogP contribution < -0.4 is 4.90 Å². The fourth-order valence-corrected chi connectivity index (χ4v) is 4.06. The summed E-state index contributed by atoms with van der Waals surface area (Å²) in [5.74, 6) is -0.153. The molecule has 2 aliphatic heterocycles. The number of fused-ring (bicyclic) bond motifs is 1. The molecule has 6 nitrogen and oxygen atoms in total. The van der Waals surface area contributed by atoms with Crippen molar-refractivity contribution in [2.45, 2.75) is 19.0 Å². The Labute approximate surface area is 164 Å². The summed E-state index contributed by atoms with van der Waals surface area (Å²) in [4.78, 5) is 31.2. The standard InChI is InChI=1S/C22H22N4O2/c1-24-14-18-8-3-2-6-16(18)12-20(24)22(28)25-10-11-26(21(27)15-25)19-9-5-4-7-17(19)13-23/h2-9,20H,10-12,14-15H2,1H3/t20-/m0/s1. The molecule has 0 N–H and O–H groups in total. The lowest BCUT2D eigenvalue weighted by molar-refractivity contribution is -0.141. The molecule has 0 spiro atoms. The van der Waals surface area contributed by atoms with Gasteiger partial charge in [0.2, 0.25) is 11.8 Å². The van der Waals surface area contributed by atoms with Crippen LogP contribution in [-0.4, -0.2) is 54.3 Å². The summed E-state index contributed by atoms with van der Waals surface area (Å²) in [6, 6.07) is 17.2. The highest BCUT2D eigenvalue weighted by molar-refractivity contribution is 5.99. The van der Waals surface area contributed by atoms with E-state index < -0.39 is 0 Å². The van der Waals surface area contributed by atoms with E-state index in [0.29, 0.717) is 30.8 Å². The topological polar surface area (TPSA) is 67.7 Å². The van der Waals surface area contributed by atoms with Crippen LogP contribution in [0.1, 0.15) is 16.7 Å². The Kier molecular flexibility index (Phi) is 4.84. The number of hydrogen-bond donors (Lipinski definition) is 0. The van der Waals surface area contributed by atoms with E-state index in [1.807, 2.05) is 25.2 Å². The van der Waals surface area contributed by atoms with E-state index in [-0.39, 0.29) is 24.4 Å². The summed E-state index contributed by atoms with van der Waals surface area (Å²) in [6.07, 6.45) is 0.664. The first-order chi connectivity index (χ1) is 13.6. The summed E-state index contributed by atoms with van der Waals surface area (Å²) >= 11 is 0. The van der Waals surface area contributed by atoms with Crippen LogP contribution in [0.4, 0.5) is 5.69 Å². The lowest BCUT2D eigenvalue weighted by atomic mass is 9.93. The summed E-state index contributed by atoms with van der Waals surface area (Å²) in [5.41, 5.74) is 3.54. The largest absolute Gasteiger partial charge is 0.330 e. The maximum atomic E-state index is 13.1. The Balaban J connectivity index is 1.48. The molecule has 0 aliphatic carbocycles. The Hall–Kier alpha value is -3.17. The van der Waals surface area contributed by atoms with E-state index in [0.717, 1.165) is 6.54 Å². The van der Waals surface area contributed by atoms with Gasteiger partial charge in [-0.25, -0.2) is 0 Å². The number of anilines is 1. The lowest BCUT2D eigenvalue weighted by Gasteiger charge is -2.39. The van der Waals surface area contributed by atoms with E-state index in [9.17, 15) is 14.9 Å². The minimum absolute atomic E-state index is 0.00132. The first-order valence-corrected chi connectivity index (χ1v) is 9.44. The van der Waals surface area contributed by atoms with Gasteiger partial charge in [-0.15, -0.1) is 0 Å². The van der Waals surface area contributed by atoms with Gasteiger partial charge in [-0.3, -0.25) is 14.5 Å². The number of benzene rings is 2. The van der Waals surface area contributed by atoms with Crippen LogP contribution in [0.5, 0.6) is 0 Å². The van der Waals surface area contributed by atoms with Crippen molar-refractivity contribution in [2.75, 3.05) is 31.6 Å². The van der Waals surface area contributed by atoms with E-state index in [1.165, 1.54) is 11.1 Å². The summed E-state index contributed by atoms with van der Waals surface area (Å²) in [6.45, 7) is 1.65. The molecular weight excluding hydrogens is 352 g/mol. The van der Waals surface area contributed by atoms with E-state index in [1.54, 1.807) is 28.0 Å². The molecule has 0 radical (unpaired) electrons. The predicted octanol–water partition coefficient (Wildman–Crippen LogP) is 1.79. The molecule has 2 aromatic carbocycles. The number of para-hydroxylation sites is 1. The van der Waals surface area contributed by atoms with Crippen molar-refractivity contribution in [3.8, 4) is 6.07 Å². The minimum Gasteiger partial charge on any atom is -0.330 e. The second-order valence-corrected chi connectivity index (χ2v) is 7.34. The van der Waals surface area contributed by atoms with Crippen LogP contribution in [0.2, 0.25) is 0 Å². The fourth-order valence-electron chi connectivity index (χ4n) is 4.06. The van der Waals surface area contributed by atoms with Crippen LogP contribution in [0, 0.1) is 11.3 Å². The number of amides is 2. The molecule has 0 unspecified atom stereocenters. The van der Waals surface area contributed by atoms with Gasteiger partial charge in [0.05, 0.1) is 17.3 Å². The van der Waals surface area contributed by atoms with Gasteiger partial charge >= 0.3 is 0 Å². The van der Waals surface area contributed by atoms with Crippen LogP contribution in [0.15, 0.2) is 48.5 Å². The molecule has 6 heteroatoms. The van der Waals surface area contributed by atoms with Gasteiger partial charge < -0.3 is 9.80 Å². The fraction of sp³-hybridized carbons (Fsp3) is 0.318. The highest BCUT2D eigenvalue weighted by Gasteiger charge is 2.36. The van der Waals surface area contributed by atoms with Gasteiger partial charge in [0.1, 0.15) is 12.6 Å². The summed E-state index contributed by atoms with van der Waals surface area (Å²) in [7, 11) is 1.96. The third-order valence-corrected chi connectivity index (χ3v) is 5.62. The average molecular weight is 374 g/mol. The van der Waals surface area contributed by atoms with Gasteiger partial charge in [-0.05, 0) is 36.7 Å². The third-order valence-electron chi connectivity index (χ3n) is 5.62. The monoisotopic (exact) mass is 374 g/mol. The van der Waals surface area contributed by atoms with Crippen LogP contribution in [-0.2, 0) is 22.6 Å². The molecular formula is C22H22N4O2. The quantitative estimate of drug-likeness (QED) is 0.804. The molecule has 2 heterocycles. The van der Waals surface area contributed by atoms with Crippen molar-refractivity contribution in [2.24, 2.45) is 0 Å². The molecule has 2 aliphatic rings. The summed E-state index contributed by atoms with van der Waals surface area (Å²) < 4.78 is 0. The lowest BCUT2D eigenvalue weighted by Crippen LogP contribution is -2.57. The number of piperazine rings is 1. The van der Waals surface area contributed by atoms with Gasteiger partial charge in [-0.2, -0.15) is 5.26 Å². The van der Waals surface area contributed by atoms with Crippen LogP contribution in [0.25, 0.3) is 0 Å². The van der Waals surface area contributed by atoms with Crippen molar-refractivity contribution in [3.05, 3.63) is 65.2 Å². The zero-order valence-electron chi connectivity index (χ0n) is 15.8. The zero-order chi connectivity index (χ0) is 19.7. The first kappa shape index (κ1) is 18.2. The second kappa shape index (κ2) is 7.45. The Bertz CT molecular complexity index is 965. The maximum absolute atomic E-state index is 13.1. The number of likely N-dealkylation sites (N-methyl/N-ethyl adjacent to an activating group) is 1. The highest BCUT2D eigenvalue weighted by atomic mass is 16.2. The van der Waals surface area contributed by atoms with E-state index in [4.69, 9.17) is 0 Å². The molecule has 0 saturated carbocycles. The van der Waals surface area contributed by atoms with Crippen LogP contribution >= 0.6 is 0 Å². The molecule has 1 saturated heterocycles. The molecule has 0 aromatic heterocycles. The molecule has 1 fully saturated rings. The Morgan fingerprint density at radius 3 is 2.50 bits per heavy atom. The van der Waals surface area contributed by atoms with Crippen molar-refractivity contribution in [3.63, 3.8) is 0 Å². The van der Waals surface area contributed by atoms with Crippen molar-refractivity contribution in [1.82, 2.24) is 9.80 Å². The third kappa shape index (κ3) is 3.25. The number of rotatable bonds is 2. The molecule has 28 heavy (non-hydrogen) atoms. The first-order valence-electron chi connectivity index (χ1n) is 9.44. The van der Waals surface area contributed by atoms with Crippen molar-refractivity contribution >= 4 is 17.5 Å². The number of nitriles is 1. The van der Waals surface area contributed by atoms with Gasteiger partial charge in [-0.1, -0.05) is 36.4 Å². The normalized spacial score (nSPS) is 19.9. The predicted molar refractivity (Wildman–Crippen MR) is 105 cm³/mol. The smallest absolute Gasteiger partial charge is 0.246 e. The number of carbonyl (C=O) groups excluding carboxylic acids is 2. The Morgan fingerprint density at radius 1 is 1.04 bits per heavy atom. The minimum atomic E-state index is -0.249. The van der Waals surface area contributed by atoms with Crippen molar-refractivity contribution < 1.29 is 9.59 Å². The molecule has 1 atom stereocenters. The van der Waals surface area contributed by atoms with Crippen molar-refractivity contribution in [1.29, 1.82) is 5.26 Å². The van der Waals surface area contributed by atoms with Gasteiger partial charge in [0.15, 0.2) is 0 Å². The van der Waals surface area contributed by atoms with Crippen LogP contribution in [0.3, 0.4) is 0 Å². The number of hydrogen-bond acceptors (Lipinski definition) is 4. The van der Waals surface area contributed by atoms with E-state index in [2.05, 4.69) is 23.1 Å². The zero-order valence-corrected chi connectivity index (χ0v) is 15.8. The van der Waals surface area contributed by atoms with Gasteiger partial charge in [0.25, 0.3) is 0 Å². The second-order valence-electron chi connectivity index (χ2n) is 7.34. The molecule has 142 valence electrons. The number of carbonyl (C=O) groups is 2.